The van der Waals surface area contributed by atoms with Crippen LogP contribution in [0, 0.1) is 0 Å². The van der Waals surface area contributed by atoms with Gasteiger partial charge in [-0.2, -0.15) is 13.2 Å². The van der Waals surface area contributed by atoms with E-state index in [4.69, 9.17) is 0 Å². The monoisotopic (exact) mass is 347 g/mol. The molecule has 0 radical (unpaired) electrons. The van der Waals surface area contributed by atoms with Crippen LogP contribution in [-0.4, -0.2) is 21.0 Å². The van der Waals surface area contributed by atoms with E-state index in [1.54, 1.807) is 29.1 Å². The number of alkyl halides is 3. The molecule has 0 saturated heterocycles. The lowest BCUT2D eigenvalue weighted by atomic mass is 10.0. The van der Waals surface area contributed by atoms with Crippen LogP contribution in [0.5, 0.6) is 11.5 Å². The quantitative estimate of drug-likeness (QED) is 0.694. The maximum Gasteiger partial charge on any atom is 0.442 e. The second-order valence-corrected chi connectivity index (χ2v) is 5.94. The Morgan fingerprint density at radius 3 is 2.48 bits per heavy atom. The summed E-state index contributed by atoms with van der Waals surface area (Å²) in [7, 11) is 0. The molecule has 0 atom stereocenters. The molecule has 0 aliphatic carbocycles. The van der Waals surface area contributed by atoms with Crippen molar-refractivity contribution in [2.75, 3.05) is 0 Å². The summed E-state index contributed by atoms with van der Waals surface area (Å²) >= 11 is 0. The maximum atomic E-state index is 13.1. The molecule has 8 heteroatoms. The van der Waals surface area contributed by atoms with Crippen LogP contribution in [0.1, 0.15) is 11.1 Å². The first-order valence-electron chi connectivity index (χ1n) is 7.41. The average Bonchev–Trinajstić information content (AvgIpc) is 3.28. The highest BCUT2D eigenvalue weighted by Gasteiger charge is 2.65. The Balaban J connectivity index is 1.66. The van der Waals surface area contributed by atoms with E-state index >= 15 is 0 Å². The summed E-state index contributed by atoms with van der Waals surface area (Å²) < 4.78 is 41.1. The third-order valence-electron chi connectivity index (χ3n) is 4.22. The van der Waals surface area contributed by atoms with Gasteiger partial charge in [0.2, 0.25) is 0 Å². The number of rotatable bonds is 3. The molecule has 0 amide bonds. The predicted octanol–water partition coefficient (Wildman–Crippen LogP) is 4.28. The molecule has 2 N–H and O–H groups in total. The highest BCUT2D eigenvalue weighted by molar-refractivity contribution is 5.90. The number of benzene rings is 2. The Morgan fingerprint density at radius 2 is 1.80 bits per heavy atom. The first-order chi connectivity index (χ1) is 11.8. The molecule has 0 fully saturated rings. The molecule has 5 nitrogen and oxygen atoms in total. The molecule has 1 aliphatic rings. The summed E-state index contributed by atoms with van der Waals surface area (Å²) in [6.45, 7) is 0.302. The van der Waals surface area contributed by atoms with Gasteiger partial charge < -0.3 is 14.8 Å². The molecule has 1 aromatic heterocycles. The minimum atomic E-state index is -4.56. The van der Waals surface area contributed by atoms with E-state index in [1.807, 2.05) is 0 Å². The second-order valence-electron chi connectivity index (χ2n) is 5.94. The van der Waals surface area contributed by atoms with Gasteiger partial charge in [0.05, 0.1) is 0 Å². The van der Waals surface area contributed by atoms with Crippen LogP contribution >= 0.6 is 0 Å². The number of hydrogen-bond acceptors (Lipinski definition) is 4. The fourth-order valence-corrected chi connectivity index (χ4v) is 2.87. The van der Waals surface area contributed by atoms with Crippen LogP contribution in [0.15, 0.2) is 59.0 Å². The van der Waals surface area contributed by atoms with Crippen LogP contribution < -0.4 is 0 Å². The summed E-state index contributed by atoms with van der Waals surface area (Å²) in [4.78, 5) is 0. The van der Waals surface area contributed by atoms with Crippen LogP contribution in [0.2, 0.25) is 0 Å². The van der Waals surface area contributed by atoms with Gasteiger partial charge in [0.25, 0.3) is 0 Å². The van der Waals surface area contributed by atoms with Crippen molar-refractivity contribution in [3.63, 3.8) is 0 Å². The standard InChI is InChI=1S/C17H12F3N3O2/c18-17(19,20)16(21-22-16)12-3-1-2-10(6-12)7-23-8-11-4-5-14(24)15(25)13(11)9-23/h1-6,8-9,24-25H,7H2. The summed E-state index contributed by atoms with van der Waals surface area (Å²) in [5, 5.41) is 27.0. The molecular formula is C17H12F3N3O2. The van der Waals surface area contributed by atoms with Gasteiger partial charge in [0.1, 0.15) is 0 Å². The number of fused-ring (bicyclic) bond motifs is 1. The molecule has 2 heterocycles. The summed E-state index contributed by atoms with van der Waals surface area (Å²) in [5.41, 5.74) is -1.81. The lowest BCUT2D eigenvalue weighted by molar-refractivity contribution is -0.166. The average molecular weight is 347 g/mol. The molecule has 1 aliphatic heterocycles. The first kappa shape index (κ1) is 15.5. The van der Waals surface area contributed by atoms with Crippen molar-refractivity contribution < 1.29 is 23.4 Å². The third-order valence-corrected chi connectivity index (χ3v) is 4.22. The largest absolute Gasteiger partial charge is 0.504 e. The molecule has 0 spiro atoms. The summed E-state index contributed by atoms with van der Waals surface area (Å²) in [5.74, 6) is -0.451. The summed E-state index contributed by atoms with van der Waals surface area (Å²) in [6.07, 6.45) is -1.19. The summed E-state index contributed by atoms with van der Waals surface area (Å²) in [6, 6.07) is 9.05. The fraction of sp³-hybridized carbons (Fsp3) is 0.176. The number of phenolic OH excluding ortho intramolecular Hbond substituents is 2. The Labute approximate surface area is 139 Å². The van der Waals surface area contributed by atoms with E-state index in [0.29, 0.717) is 22.9 Å². The van der Waals surface area contributed by atoms with Gasteiger partial charge in [-0.15, -0.1) is 10.2 Å². The Morgan fingerprint density at radius 1 is 1.04 bits per heavy atom. The van der Waals surface area contributed by atoms with Crippen LogP contribution in [-0.2, 0) is 12.2 Å². The molecular weight excluding hydrogens is 335 g/mol. The predicted molar refractivity (Wildman–Crippen MR) is 83.4 cm³/mol. The van der Waals surface area contributed by atoms with Crippen molar-refractivity contribution in [2.45, 2.75) is 18.4 Å². The molecule has 128 valence electrons. The normalized spacial score (nSPS) is 15.6. The van der Waals surface area contributed by atoms with Crippen LogP contribution in [0.3, 0.4) is 0 Å². The highest BCUT2D eigenvalue weighted by atomic mass is 19.4. The van der Waals surface area contributed by atoms with Crippen LogP contribution in [0.4, 0.5) is 13.2 Å². The van der Waals surface area contributed by atoms with E-state index in [9.17, 15) is 23.4 Å². The topological polar surface area (TPSA) is 70.1 Å². The molecule has 2 aromatic carbocycles. The smallest absolute Gasteiger partial charge is 0.442 e. The zero-order chi connectivity index (χ0) is 17.8. The van der Waals surface area contributed by atoms with Crippen molar-refractivity contribution in [1.82, 2.24) is 4.57 Å². The molecule has 4 rings (SSSR count). The first-order valence-corrected chi connectivity index (χ1v) is 7.41. The number of nitrogens with zero attached hydrogens (tertiary/aromatic N) is 3. The highest BCUT2D eigenvalue weighted by Crippen LogP contribution is 2.52. The number of aromatic hydroxyl groups is 2. The third kappa shape index (κ3) is 2.41. The zero-order valence-electron chi connectivity index (χ0n) is 12.7. The van der Waals surface area contributed by atoms with Crippen molar-refractivity contribution >= 4 is 10.8 Å². The molecule has 0 unspecified atom stereocenters. The van der Waals surface area contributed by atoms with E-state index in [2.05, 4.69) is 10.2 Å². The van der Waals surface area contributed by atoms with E-state index < -0.39 is 11.8 Å². The van der Waals surface area contributed by atoms with Gasteiger partial charge in [-0.05, 0) is 23.8 Å². The van der Waals surface area contributed by atoms with Gasteiger partial charge in [-0.1, -0.05) is 18.2 Å². The van der Waals surface area contributed by atoms with Crippen molar-refractivity contribution in [3.8, 4) is 11.5 Å². The minimum absolute atomic E-state index is 0.0188. The Hall–Kier alpha value is -3.03. The van der Waals surface area contributed by atoms with Gasteiger partial charge in [0, 0.05) is 35.3 Å². The maximum absolute atomic E-state index is 13.1. The number of phenols is 2. The molecule has 25 heavy (non-hydrogen) atoms. The number of aromatic nitrogens is 1. The Bertz CT molecular complexity index is 1000. The minimum Gasteiger partial charge on any atom is -0.504 e. The van der Waals surface area contributed by atoms with E-state index in [1.165, 1.54) is 24.3 Å². The van der Waals surface area contributed by atoms with E-state index in [-0.39, 0.29) is 17.1 Å². The van der Waals surface area contributed by atoms with Gasteiger partial charge in [-0.25, -0.2) is 0 Å². The van der Waals surface area contributed by atoms with E-state index in [0.717, 1.165) is 0 Å². The lowest BCUT2D eigenvalue weighted by Gasteiger charge is -2.15. The molecule has 3 aromatic rings. The van der Waals surface area contributed by atoms with Gasteiger partial charge >= 0.3 is 11.8 Å². The lowest BCUT2D eigenvalue weighted by Crippen LogP contribution is -2.30. The second kappa shape index (κ2) is 4.98. The Kier molecular flexibility index (Phi) is 3.09. The SMILES string of the molecule is Oc1ccc2cn(Cc3cccc(C4(C(F)(F)F)N=N4)c3)cc2c1O. The van der Waals surface area contributed by atoms with Gasteiger partial charge in [0.15, 0.2) is 11.5 Å². The van der Waals surface area contributed by atoms with Crippen molar-refractivity contribution in [1.29, 1.82) is 0 Å². The number of halogens is 3. The van der Waals surface area contributed by atoms with Crippen molar-refractivity contribution in [2.24, 2.45) is 10.2 Å². The number of hydrogen-bond donors (Lipinski definition) is 2. The molecule has 0 bridgehead atoms. The van der Waals surface area contributed by atoms with Crippen molar-refractivity contribution in [3.05, 3.63) is 59.9 Å². The fourth-order valence-electron chi connectivity index (χ4n) is 2.87. The molecule has 0 saturated carbocycles. The van der Waals surface area contributed by atoms with Crippen LogP contribution in [0.25, 0.3) is 10.8 Å². The van der Waals surface area contributed by atoms with Gasteiger partial charge in [-0.3, -0.25) is 0 Å². The zero-order valence-corrected chi connectivity index (χ0v) is 12.7.